The average molecular weight is 162 g/mol. The summed E-state index contributed by atoms with van der Waals surface area (Å²) in [6, 6.07) is 0. The zero-order chi connectivity index (χ0) is 8.13. The summed E-state index contributed by atoms with van der Waals surface area (Å²) in [5.74, 6) is 1.68. The van der Waals surface area contributed by atoms with Gasteiger partial charge in [0.25, 0.3) is 0 Å². The van der Waals surface area contributed by atoms with Crippen molar-refractivity contribution in [3.05, 3.63) is 11.1 Å². The fourth-order valence-corrected chi connectivity index (χ4v) is 3.37. The van der Waals surface area contributed by atoms with E-state index >= 15 is 0 Å². The molecule has 2 atom stereocenters. The van der Waals surface area contributed by atoms with Crippen molar-refractivity contribution in [3.63, 3.8) is 0 Å². The molecule has 0 aromatic rings. The van der Waals surface area contributed by atoms with E-state index in [0.717, 1.165) is 6.42 Å². The fourth-order valence-electron chi connectivity index (χ4n) is 3.37. The lowest BCUT2D eigenvalue weighted by Gasteiger charge is -2.11. The van der Waals surface area contributed by atoms with Gasteiger partial charge < -0.3 is 0 Å². The maximum absolute atomic E-state index is 11.8. The smallest absolute Gasteiger partial charge is 0.162 e. The molecule has 0 amide bonds. The lowest BCUT2D eigenvalue weighted by molar-refractivity contribution is -0.118. The summed E-state index contributed by atoms with van der Waals surface area (Å²) in [6.45, 7) is 0. The molecule has 3 rings (SSSR count). The molecule has 0 aromatic heterocycles. The molecule has 1 heteroatoms. The molecule has 0 bridgehead atoms. The molecule has 12 heavy (non-hydrogen) atoms. The first kappa shape index (κ1) is 6.88. The van der Waals surface area contributed by atoms with E-state index < -0.39 is 0 Å². The quantitative estimate of drug-likeness (QED) is 0.534. The number of rotatable bonds is 0. The number of carbonyl (C=O) groups excluding carboxylic acids is 1. The van der Waals surface area contributed by atoms with Gasteiger partial charge in [-0.25, -0.2) is 0 Å². The van der Waals surface area contributed by atoms with Crippen LogP contribution < -0.4 is 0 Å². The van der Waals surface area contributed by atoms with Crippen LogP contribution in [0.4, 0.5) is 0 Å². The van der Waals surface area contributed by atoms with E-state index in [4.69, 9.17) is 0 Å². The third kappa shape index (κ3) is 0.675. The van der Waals surface area contributed by atoms with E-state index in [0.29, 0.717) is 17.6 Å². The highest BCUT2D eigenvalue weighted by Crippen LogP contribution is 2.50. The summed E-state index contributed by atoms with van der Waals surface area (Å²) < 4.78 is 0. The Kier molecular flexibility index (Phi) is 1.27. The van der Waals surface area contributed by atoms with Gasteiger partial charge in [0, 0.05) is 5.92 Å². The minimum Gasteiger partial charge on any atom is -0.294 e. The van der Waals surface area contributed by atoms with Crippen LogP contribution >= 0.6 is 0 Å². The van der Waals surface area contributed by atoms with Crippen LogP contribution in [0, 0.1) is 11.8 Å². The van der Waals surface area contributed by atoms with Gasteiger partial charge in [-0.2, -0.15) is 0 Å². The first-order valence-electron chi connectivity index (χ1n) is 5.14. The molecule has 0 aromatic carbocycles. The molecule has 64 valence electrons. The summed E-state index contributed by atoms with van der Waals surface area (Å²) in [7, 11) is 0. The zero-order valence-corrected chi connectivity index (χ0v) is 7.31. The summed E-state index contributed by atoms with van der Waals surface area (Å²) in [5, 5.41) is 0. The Labute approximate surface area is 72.8 Å². The van der Waals surface area contributed by atoms with Crippen LogP contribution in [-0.4, -0.2) is 5.78 Å². The van der Waals surface area contributed by atoms with Crippen LogP contribution in [-0.2, 0) is 4.79 Å². The van der Waals surface area contributed by atoms with Gasteiger partial charge in [-0.05, 0) is 43.6 Å². The highest BCUT2D eigenvalue weighted by molar-refractivity contribution is 6.01. The first-order chi connectivity index (χ1) is 5.88. The molecule has 0 radical (unpaired) electrons. The largest absolute Gasteiger partial charge is 0.294 e. The molecule has 0 saturated heterocycles. The predicted molar refractivity (Wildman–Crippen MR) is 46.7 cm³/mol. The van der Waals surface area contributed by atoms with E-state index in [-0.39, 0.29) is 0 Å². The second-order valence-corrected chi connectivity index (χ2v) is 4.37. The minimum atomic E-state index is 0.440. The summed E-state index contributed by atoms with van der Waals surface area (Å²) in [5.41, 5.74) is 2.83. The van der Waals surface area contributed by atoms with Crippen LogP contribution in [0.3, 0.4) is 0 Å². The van der Waals surface area contributed by atoms with Gasteiger partial charge in [-0.15, -0.1) is 0 Å². The molecule has 0 aliphatic heterocycles. The number of fused-ring (bicyclic) bond motifs is 2. The lowest BCUT2D eigenvalue weighted by atomic mass is 9.92. The normalized spacial score (nSPS) is 39.2. The summed E-state index contributed by atoms with van der Waals surface area (Å²) >= 11 is 0. The van der Waals surface area contributed by atoms with Crippen LogP contribution in [0.2, 0.25) is 0 Å². The Bertz CT molecular complexity index is 275. The maximum atomic E-state index is 11.8. The molecule has 0 N–H and O–H groups in total. The van der Waals surface area contributed by atoms with Gasteiger partial charge in [0.15, 0.2) is 5.78 Å². The van der Waals surface area contributed by atoms with Crippen molar-refractivity contribution >= 4 is 5.78 Å². The van der Waals surface area contributed by atoms with E-state index in [1.165, 1.54) is 37.7 Å². The molecule has 1 fully saturated rings. The number of hydrogen-bond acceptors (Lipinski definition) is 1. The highest BCUT2D eigenvalue weighted by Gasteiger charge is 2.44. The Morgan fingerprint density at radius 1 is 1.00 bits per heavy atom. The predicted octanol–water partition coefficient (Wildman–Crippen LogP) is 2.47. The molecule has 0 heterocycles. The standard InChI is InChI=1S/C11H14O/c12-11-9-5-1-3-7(9)8-4-2-6-10(8)11/h7,9H,1-6H2/t7-,9+/m1/s1. The van der Waals surface area contributed by atoms with E-state index in [2.05, 4.69) is 0 Å². The first-order valence-corrected chi connectivity index (χ1v) is 5.14. The van der Waals surface area contributed by atoms with Crippen LogP contribution in [0.25, 0.3) is 0 Å². The third-order valence-corrected chi connectivity index (χ3v) is 3.86. The van der Waals surface area contributed by atoms with Crippen LogP contribution in [0.15, 0.2) is 11.1 Å². The Morgan fingerprint density at radius 2 is 1.83 bits per heavy atom. The van der Waals surface area contributed by atoms with E-state index in [1.807, 2.05) is 0 Å². The van der Waals surface area contributed by atoms with Crippen molar-refractivity contribution in [2.75, 3.05) is 0 Å². The summed E-state index contributed by atoms with van der Waals surface area (Å²) in [4.78, 5) is 11.8. The van der Waals surface area contributed by atoms with Crippen LogP contribution in [0.5, 0.6) is 0 Å². The lowest BCUT2D eigenvalue weighted by Crippen LogP contribution is -2.12. The minimum absolute atomic E-state index is 0.440. The van der Waals surface area contributed by atoms with E-state index in [9.17, 15) is 4.79 Å². The van der Waals surface area contributed by atoms with Crippen molar-refractivity contribution in [3.8, 4) is 0 Å². The van der Waals surface area contributed by atoms with Crippen molar-refractivity contribution in [2.24, 2.45) is 11.8 Å². The van der Waals surface area contributed by atoms with Crippen molar-refractivity contribution < 1.29 is 4.79 Å². The number of hydrogen-bond donors (Lipinski definition) is 0. The maximum Gasteiger partial charge on any atom is 0.162 e. The molecule has 0 spiro atoms. The number of carbonyl (C=O) groups is 1. The summed E-state index contributed by atoms with van der Waals surface area (Å²) in [6.07, 6.45) is 7.35. The SMILES string of the molecule is O=C1C2=C(CCC2)[C@H]2CCC[C@H]12. The van der Waals surface area contributed by atoms with Gasteiger partial charge in [-0.3, -0.25) is 4.79 Å². The van der Waals surface area contributed by atoms with E-state index in [1.54, 1.807) is 5.57 Å². The second kappa shape index (κ2) is 2.21. The fraction of sp³-hybridized carbons (Fsp3) is 0.727. The van der Waals surface area contributed by atoms with Crippen molar-refractivity contribution in [1.82, 2.24) is 0 Å². The monoisotopic (exact) mass is 162 g/mol. The zero-order valence-electron chi connectivity index (χ0n) is 7.31. The second-order valence-electron chi connectivity index (χ2n) is 4.37. The Morgan fingerprint density at radius 3 is 2.75 bits per heavy atom. The number of Topliss-reactive ketones (excluding diaryl/α,β-unsaturated/α-hetero) is 1. The highest BCUT2D eigenvalue weighted by atomic mass is 16.1. The molecule has 3 aliphatic rings. The van der Waals surface area contributed by atoms with Gasteiger partial charge in [-0.1, -0.05) is 12.0 Å². The molecule has 0 unspecified atom stereocenters. The van der Waals surface area contributed by atoms with Crippen LogP contribution in [0.1, 0.15) is 38.5 Å². The molecular formula is C11H14O. The molecule has 3 aliphatic carbocycles. The Hall–Kier alpha value is -0.590. The van der Waals surface area contributed by atoms with Gasteiger partial charge in [0.2, 0.25) is 0 Å². The number of allylic oxidation sites excluding steroid dienone is 2. The van der Waals surface area contributed by atoms with Crippen molar-refractivity contribution in [2.45, 2.75) is 38.5 Å². The topological polar surface area (TPSA) is 17.1 Å². The average Bonchev–Trinajstić information content (AvgIpc) is 2.72. The number of ketones is 1. The molecule has 1 nitrogen and oxygen atoms in total. The third-order valence-electron chi connectivity index (χ3n) is 3.86. The molecular weight excluding hydrogens is 148 g/mol. The van der Waals surface area contributed by atoms with Gasteiger partial charge in [0.05, 0.1) is 0 Å². The van der Waals surface area contributed by atoms with Gasteiger partial charge >= 0.3 is 0 Å². The molecule has 1 saturated carbocycles. The van der Waals surface area contributed by atoms with Gasteiger partial charge in [0.1, 0.15) is 0 Å². The Balaban J connectivity index is 2.04. The van der Waals surface area contributed by atoms with Crippen molar-refractivity contribution in [1.29, 1.82) is 0 Å².